The van der Waals surface area contributed by atoms with Gasteiger partial charge in [-0.1, -0.05) is 6.07 Å². The lowest BCUT2D eigenvalue weighted by Gasteiger charge is -2.08. The maximum atomic E-state index is 8.95. The Balaban J connectivity index is 1.87. The van der Waals surface area contributed by atoms with Gasteiger partial charge in [-0.25, -0.2) is 0 Å². The Morgan fingerprint density at radius 1 is 1.00 bits per heavy atom. The van der Waals surface area contributed by atoms with E-state index in [4.69, 9.17) is 15.7 Å². The van der Waals surface area contributed by atoms with Gasteiger partial charge in [-0.05, 0) is 54.7 Å². The molecule has 0 amide bonds. The average Bonchev–Trinajstić information content (AvgIpc) is 2.88. The Kier molecular flexibility index (Phi) is 2.85. The van der Waals surface area contributed by atoms with E-state index in [1.807, 2.05) is 6.07 Å². The van der Waals surface area contributed by atoms with Crippen molar-refractivity contribution in [1.29, 1.82) is 5.26 Å². The molecule has 2 aromatic carbocycles. The van der Waals surface area contributed by atoms with E-state index in [0.717, 1.165) is 18.6 Å². The van der Waals surface area contributed by atoms with Crippen LogP contribution in [0.1, 0.15) is 23.1 Å². The highest BCUT2D eigenvalue weighted by molar-refractivity contribution is 5.57. The molecule has 3 rings (SSSR count). The zero-order valence-electron chi connectivity index (χ0n) is 10.5. The summed E-state index contributed by atoms with van der Waals surface area (Å²) in [4.78, 5) is 0. The molecule has 0 aliphatic heterocycles. The summed E-state index contributed by atoms with van der Waals surface area (Å²) in [5.74, 6) is 1.46. The number of fused-ring (bicyclic) bond motifs is 1. The number of benzene rings is 2. The van der Waals surface area contributed by atoms with E-state index in [9.17, 15) is 0 Å². The third kappa shape index (κ3) is 2.25. The Morgan fingerprint density at radius 3 is 2.58 bits per heavy atom. The van der Waals surface area contributed by atoms with E-state index < -0.39 is 0 Å². The summed E-state index contributed by atoms with van der Waals surface area (Å²) in [7, 11) is 0. The van der Waals surface area contributed by atoms with E-state index in [1.54, 1.807) is 18.2 Å². The number of nitrogen functional groups attached to an aromatic ring is 1. The Bertz CT molecular complexity index is 671. The fraction of sp³-hybridized carbons (Fsp3) is 0.188. The van der Waals surface area contributed by atoms with Crippen LogP contribution in [-0.4, -0.2) is 0 Å². The summed E-state index contributed by atoms with van der Waals surface area (Å²) in [6.07, 6.45) is 3.51. The van der Waals surface area contributed by atoms with Gasteiger partial charge >= 0.3 is 0 Å². The van der Waals surface area contributed by atoms with Crippen LogP contribution >= 0.6 is 0 Å². The molecule has 0 atom stereocenters. The van der Waals surface area contributed by atoms with Crippen LogP contribution in [0.2, 0.25) is 0 Å². The van der Waals surface area contributed by atoms with Crippen molar-refractivity contribution in [2.75, 3.05) is 5.73 Å². The molecule has 0 heterocycles. The van der Waals surface area contributed by atoms with Gasteiger partial charge in [-0.15, -0.1) is 0 Å². The standard InChI is InChI=1S/C16H14N2O/c17-10-13-9-15(6-7-16(13)18)19-14-5-4-11-2-1-3-12(11)8-14/h4-9H,1-3,18H2. The summed E-state index contributed by atoms with van der Waals surface area (Å²) in [5, 5.41) is 8.95. The first kappa shape index (κ1) is 11.6. The van der Waals surface area contributed by atoms with Crippen molar-refractivity contribution in [2.45, 2.75) is 19.3 Å². The second-order valence-corrected chi connectivity index (χ2v) is 4.75. The van der Waals surface area contributed by atoms with Crippen LogP contribution in [-0.2, 0) is 12.8 Å². The summed E-state index contributed by atoms with van der Waals surface area (Å²) >= 11 is 0. The zero-order chi connectivity index (χ0) is 13.2. The van der Waals surface area contributed by atoms with E-state index in [0.29, 0.717) is 17.0 Å². The summed E-state index contributed by atoms with van der Waals surface area (Å²) in [6, 6.07) is 13.4. The van der Waals surface area contributed by atoms with Gasteiger partial charge < -0.3 is 10.5 Å². The van der Waals surface area contributed by atoms with Crippen molar-refractivity contribution in [1.82, 2.24) is 0 Å². The van der Waals surface area contributed by atoms with Crippen LogP contribution < -0.4 is 10.5 Å². The van der Waals surface area contributed by atoms with E-state index in [-0.39, 0.29) is 0 Å². The summed E-state index contributed by atoms with van der Waals surface area (Å²) < 4.78 is 5.79. The maximum absolute atomic E-state index is 8.95. The van der Waals surface area contributed by atoms with Gasteiger partial charge in [-0.2, -0.15) is 5.26 Å². The number of anilines is 1. The van der Waals surface area contributed by atoms with Gasteiger partial charge in [0.1, 0.15) is 17.6 Å². The van der Waals surface area contributed by atoms with Crippen molar-refractivity contribution >= 4 is 5.69 Å². The monoisotopic (exact) mass is 250 g/mol. The lowest BCUT2D eigenvalue weighted by atomic mass is 10.1. The van der Waals surface area contributed by atoms with Gasteiger partial charge in [0.05, 0.1) is 5.56 Å². The lowest BCUT2D eigenvalue weighted by Crippen LogP contribution is -1.92. The molecule has 0 aromatic heterocycles. The number of nitriles is 1. The van der Waals surface area contributed by atoms with Gasteiger partial charge in [-0.3, -0.25) is 0 Å². The third-order valence-corrected chi connectivity index (χ3v) is 3.45. The molecule has 1 aliphatic rings. The number of hydrogen-bond donors (Lipinski definition) is 1. The average molecular weight is 250 g/mol. The van der Waals surface area contributed by atoms with Gasteiger partial charge in [0.2, 0.25) is 0 Å². The number of aryl methyl sites for hydroxylation is 2. The van der Waals surface area contributed by atoms with Crippen molar-refractivity contribution in [2.24, 2.45) is 0 Å². The van der Waals surface area contributed by atoms with E-state index >= 15 is 0 Å². The molecule has 3 nitrogen and oxygen atoms in total. The second kappa shape index (κ2) is 4.66. The SMILES string of the molecule is N#Cc1cc(Oc2ccc3c(c2)CCC3)ccc1N. The highest BCUT2D eigenvalue weighted by Gasteiger charge is 2.11. The van der Waals surface area contributed by atoms with Crippen LogP contribution in [0.15, 0.2) is 36.4 Å². The minimum atomic E-state index is 0.443. The minimum Gasteiger partial charge on any atom is -0.457 e. The van der Waals surface area contributed by atoms with Crippen molar-refractivity contribution in [3.8, 4) is 17.6 Å². The fourth-order valence-corrected chi connectivity index (χ4v) is 2.44. The van der Waals surface area contributed by atoms with Crippen molar-refractivity contribution in [3.05, 3.63) is 53.1 Å². The number of hydrogen-bond acceptors (Lipinski definition) is 3. The van der Waals surface area contributed by atoms with Crippen LogP contribution in [0.4, 0.5) is 5.69 Å². The molecule has 2 aromatic rings. The molecule has 19 heavy (non-hydrogen) atoms. The molecule has 2 N–H and O–H groups in total. The first-order valence-electron chi connectivity index (χ1n) is 6.35. The molecule has 0 bridgehead atoms. The van der Waals surface area contributed by atoms with Crippen LogP contribution in [0.5, 0.6) is 11.5 Å². The maximum Gasteiger partial charge on any atom is 0.128 e. The molecular formula is C16H14N2O. The molecule has 94 valence electrons. The first-order valence-corrected chi connectivity index (χ1v) is 6.35. The quantitative estimate of drug-likeness (QED) is 0.831. The van der Waals surface area contributed by atoms with Crippen LogP contribution in [0.25, 0.3) is 0 Å². The third-order valence-electron chi connectivity index (χ3n) is 3.45. The van der Waals surface area contributed by atoms with E-state index in [1.165, 1.54) is 17.5 Å². The predicted octanol–water partition coefficient (Wildman–Crippen LogP) is 3.42. The smallest absolute Gasteiger partial charge is 0.128 e. The highest BCUT2D eigenvalue weighted by atomic mass is 16.5. The second-order valence-electron chi connectivity index (χ2n) is 4.75. The van der Waals surface area contributed by atoms with Crippen LogP contribution in [0, 0.1) is 11.3 Å². The molecule has 0 saturated heterocycles. The molecule has 1 aliphatic carbocycles. The van der Waals surface area contributed by atoms with Crippen molar-refractivity contribution in [3.63, 3.8) is 0 Å². The molecular weight excluding hydrogens is 236 g/mol. The molecule has 0 fully saturated rings. The Labute approximate surface area is 112 Å². The predicted molar refractivity (Wildman–Crippen MR) is 74.1 cm³/mol. The topological polar surface area (TPSA) is 59.0 Å². The summed E-state index contributed by atoms with van der Waals surface area (Å²) in [5.41, 5.74) is 9.40. The molecule has 0 saturated carbocycles. The summed E-state index contributed by atoms with van der Waals surface area (Å²) in [6.45, 7) is 0. The highest BCUT2D eigenvalue weighted by Crippen LogP contribution is 2.29. The first-order chi connectivity index (χ1) is 9.26. The van der Waals surface area contributed by atoms with Crippen LogP contribution in [0.3, 0.4) is 0 Å². The van der Waals surface area contributed by atoms with E-state index in [2.05, 4.69) is 18.2 Å². The molecule has 3 heteroatoms. The Hall–Kier alpha value is -2.47. The van der Waals surface area contributed by atoms with Crippen molar-refractivity contribution < 1.29 is 4.74 Å². The molecule has 0 unspecified atom stereocenters. The minimum absolute atomic E-state index is 0.443. The number of nitrogens with two attached hydrogens (primary N) is 1. The van der Waals surface area contributed by atoms with Gasteiger partial charge in [0, 0.05) is 11.8 Å². The van der Waals surface area contributed by atoms with Gasteiger partial charge in [0.25, 0.3) is 0 Å². The fourth-order valence-electron chi connectivity index (χ4n) is 2.44. The molecule has 0 radical (unpaired) electrons. The molecule has 0 spiro atoms. The Morgan fingerprint density at radius 2 is 1.74 bits per heavy atom. The number of nitrogens with zero attached hydrogens (tertiary/aromatic N) is 1. The normalized spacial score (nSPS) is 12.8. The van der Waals surface area contributed by atoms with Gasteiger partial charge in [0.15, 0.2) is 0 Å². The lowest BCUT2D eigenvalue weighted by molar-refractivity contribution is 0.482. The number of rotatable bonds is 2. The zero-order valence-corrected chi connectivity index (χ0v) is 10.5. The largest absolute Gasteiger partial charge is 0.457 e. The number of ether oxygens (including phenoxy) is 1.